The van der Waals surface area contributed by atoms with E-state index in [9.17, 15) is 10.2 Å². The van der Waals surface area contributed by atoms with Crippen LogP contribution in [-0.2, 0) is 0 Å². The molecule has 2 aromatic carbocycles. The lowest BCUT2D eigenvalue weighted by Crippen LogP contribution is -2.09. The van der Waals surface area contributed by atoms with Gasteiger partial charge in [0.1, 0.15) is 17.3 Å². The Labute approximate surface area is 133 Å². The second-order valence-corrected chi connectivity index (χ2v) is 5.75. The summed E-state index contributed by atoms with van der Waals surface area (Å²) < 4.78 is 1.98. The van der Waals surface area contributed by atoms with Crippen LogP contribution in [-0.4, -0.2) is 31.5 Å². The first-order valence-corrected chi connectivity index (χ1v) is 7.45. The highest BCUT2D eigenvalue weighted by molar-refractivity contribution is 5.70. The van der Waals surface area contributed by atoms with Gasteiger partial charge in [-0.1, -0.05) is 19.1 Å². The molecule has 116 valence electrons. The van der Waals surface area contributed by atoms with Crippen molar-refractivity contribution in [2.45, 2.75) is 12.8 Å². The van der Waals surface area contributed by atoms with Crippen molar-refractivity contribution in [2.24, 2.45) is 0 Å². The number of hydrogen-bond acceptors (Lipinski definition) is 5. The van der Waals surface area contributed by atoms with Gasteiger partial charge in [0, 0.05) is 24.1 Å². The van der Waals surface area contributed by atoms with Crippen LogP contribution < -0.4 is 5.32 Å². The number of phenols is 2. The van der Waals surface area contributed by atoms with E-state index in [0.717, 1.165) is 22.8 Å². The standard InChI is InChI=1S/C17H16N4O2/c1-10-9-18-14-8-13(23)5-6-15(14)21-16(10)19-20-17(21)11-3-2-4-12(22)7-11/h2-8,10,18,22-23H,9H2,1H3/t10-/m1/s1. The zero-order valence-corrected chi connectivity index (χ0v) is 12.6. The number of benzene rings is 2. The fourth-order valence-corrected chi connectivity index (χ4v) is 2.90. The molecule has 23 heavy (non-hydrogen) atoms. The molecule has 1 aliphatic rings. The van der Waals surface area contributed by atoms with Crippen LogP contribution in [0.4, 0.5) is 5.69 Å². The molecule has 0 unspecified atom stereocenters. The summed E-state index contributed by atoms with van der Waals surface area (Å²) in [6.07, 6.45) is 0. The highest BCUT2D eigenvalue weighted by atomic mass is 16.3. The third-order valence-electron chi connectivity index (χ3n) is 4.05. The van der Waals surface area contributed by atoms with Gasteiger partial charge in [-0.15, -0.1) is 10.2 Å². The van der Waals surface area contributed by atoms with E-state index in [1.807, 2.05) is 16.7 Å². The molecule has 1 aromatic heterocycles. The molecular weight excluding hydrogens is 292 g/mol. The third kappa shape index (κ3) is 2.19. The molecule has 6 nitrogen and oxygen atoms in total. The van der Waals surface area contributed by atoms with Crippen molar-refractivity contribution in [1.29, 1.82) is 0 Å². The zero-order chi connectivity index (χ0) is 16.0. The predicted molar refractivity (Wildman–Crippen MR) is 87.0 cm³/mol. The number of aromatic nitrogens is 3. The monoisotopic (exact) mass is 308 g/mol. The van der Waals surface area contributed by atoms with Crippen LogP contribution in [0.15, 0.2) is 42.5 Å². The largest absolute Gasteiger partial charge is 0.508 e. The molecule has 1 atom stereocenters. The maximum absolute atomic E-state index is 9.75. The van der Waals surface area contributed by atoms with Gasteiger partial charge >= 0.3 is 0 Å². The Morgan fingerprint density at radius 1 is 1.09 bits per heavy atom. The summed E-state index contributed by atoms with van der Waals surface area (Å²) in [5, 5.41) is 31.5. The van der Waals surface area contributed by atoms with Crippen molar-refractivity contribution in [2.75, 3.05) is 11.9 Å². The number of aromatic hydroxyl groups is 2. The van der Waals surface area contributed by atoms with Gasteiger partial charge in [-0.3, -0.25) is 4.57 Å². The van der Waals surface area contributed by atoms with Crippen LogP contribution in [0.25, 0.3) is 17.1 Å². The van der Waals surface area contributed by atoms with Crippen molar-refractivity contribution in [1.82, 2.24) is 14.8 Å². The van der Waals surface area contributed by atoms with Gasteiger partial charge in [0.2, 0.25) is 0 Å². The molecule has 3 aromatic rings. The van der Waals surface area contributed by atoms with Crippen LogP contribution in [0.2, 0.25) is 0 Å². The van der Waals surface area contributed by atoms with Gasteiger partial charge in [-0.2, -0.15) is 0 Å². The second kappa shape index (κ2) is 5.01. The molecule has 1 aliphatic heterocycles. The van der Waals surface area contributed by atoms with E-state index in [2.05, 4.69) is 22.4 Å². The molecule has 0 saturated carbocycles. The van der Waals surface area contributed by atoms with Crippen molar-refractivity contribution in [3.05, 3.63) is 48.3 Å². The number of nitrogens with one attached hydrogen (secondary N) is 1. The Kier molecular flexibility index (Phi) is 2.97. The molecule has 6 heteroatoms. The van der Waals surface area contributed by atoms with Crippen LogP contribution in [0, 0.1) is 0 Å². The average Bonchev–Trinajstić information content (AvgIpc) is 2.92. The first kappa shape index (κ1) is 13.6. The molecule has 0 aliphatic carbocycles. The number of rotatable bonds is 1. The molecule has 4 rings (SSSR count). The summed E-state index contributed by atoms with van der Waals surface area (Å²) in [4.78, 5) is 0. The van der Waals surface area contributed by atoms with E-state index in [1.165, 1.54) is 0 Å². The zero-order valence-electron chi connectivity index (χ0n) is 12.6. The molecule has 0 bridgehead atoms. The fraction of sp³-hybridized carbons (Fsp3) is 0.176. The molecule has 0 amide bonds. The summed E-state index contributed by atoms with van der Waals surface area (Å²) in [5.41, 5.74) is 2.50. The lowest BCUT2D eigenvalue weighted by molar-refractivity contribution is 0.475. The van der Waals surface area contributed by atoms with E-state index in [1.54, 1.807) is 30.3 Å². The minimum absolute atomic E-state index is 0.156. The SMILES string of the molecule is C[C@@H]1CNc2cc(O)ccc2-n2c(-c3cccc(O)c3)nnc21. The first-order valence-electron chi connectivity index (χ1n) is 7.45. The summed E-state index contributed by atoms with van der Waals surface area (Å²) in [6, 6.07) is 12.1. The lowest BCUT2D eigenvalue weighted by Gasteiger charge is -2.12. The number of phenolic OH excluding ortho intramolecular Hbond substituents is 2. The fourth-order valence-electron chi connectivity index (χ4n) is 2.90. The number of hydrogen-bond donors (Lipinski definition) is 3. The highest BCUT2D eigenvalue weighted by Gasteiger charge is 2.25. The van der Waals surface area contributed by atoms with E-state index in [0.29, 0.717) is 12.4 Å². The Bertz CT molecular complexity index is 888. The van der Waals surface area contributed by atoms with E-state index >= 15 is 0 Å². The second-order valence-electron chi connectivity index (χ2n) is 5.75. The van der Waals surface area contributed by atoms with Crippen molar-refractivity contribution in [3.63, 3.8) is 0 Å². The number of fused-ring (bicyclic) bond motifs is 3. The van der Waals surface area contributed by atoms with E-state index < -0.39 is 0 Å². The molecule has 0 saturated heterocycles. The summed E-state index contributed by atoms with van der Waals surface area (Å²) in [7, 11) is 0. The highest BCUT2D eigenvalue weighted by Crippen LogP contribution is 2.35. The Morgan fingerprint density at radius 3 is 2.74 bits per heavy atom. The summed E-state index contributed by atoms with van der Waals surface area (Å²) >= 11 is 0. The summed E-state index contributed by atoms with van der Waals surface area (Å²) in [6.45, 7) is 2.78. The third-order valence-corrected chi connectivity index (χ3v) is 4.05. The molecule has 0 fully saturated rings. The molecule has 3 N–H and O–H groups in total. The topological polar surface area (TPSA) is 83.2 Å². The lowest BCUT2D eigenvalue weighted by atomic mass is 10.1. The normalized spacial score (nSPS) is 16.1. The van der Waals surface area contributed by atoms with E-state index in [-0.39, 0.29) is 17.4 Å². The van der Waals surface area contributed by atoms with Crippen LogP contribution >= 0.6 is 0 Å². The predicted octanol–water partition coefficient (Wildman–Crippen LogP) is 2.87. The quantitative estimate of drug-likeness (QED) is 0.644. The van der Waals surface area contributed by atoms with Gasteiger partial charge in [0.25, 0.3) is 0 Å². The van der Waals surface area contributed by atoms with Crippen molar-refractivity contribution in [3.8, 4) is 28.6 Å². The maximum atomic E-state index is 9.75. The van der Waals surface area contributed by atoms with Crippen LogP contribution in [0.3, 0.4) is 0 Å². The van der Waals surface area contributed by atoms with Crippen molar-refractivity contribution < 1.29 is 10.2 Å². The van der Waals surface area contributed by atoms with Crippen LogP contribution in [0.1, 0.15) is 18.7 Å². The maximum Gasteiger partial charge on any atom is 0.168 e. The minimum atomic E-state index is 0.156. The van der Waals surface area contributed by atoms with Gasteiger partial charge in [-0.25, -0.2) is 0 Å². The Morgan fingerprint density at radius 2 is 1.91 bits per heavy atom. The average molecular weight is 308 g/mol. The first-order chi connectivity index (χ1) is 11.1. The smallest absolute Gasteiger partial charge is 0.168 e. The Balaban J connectivity index is 1.99. The number of nitrogens with zero attached hydrogens (tertiary/aromatic N) is 3. The van der Waals surface area contributed by atoms with Gasteiger partial charge < -0.3 is 15.5 Å². The molecule has 2 heterocycles. The molecule has 0 spiro atoms. The van der Waals surface area contributed by atoms with Gasteiger partial charge in [-0.05, 0) is 24.3 Å². The molecular formula is C17H16N4O2. The van der Waals surface area contributed by atoms with Crippen LogP contribution in [0.5, 0.6) is 11.5 Å². The van der Waals surface area contributed by atoms with Gasteiger partial charge in [0.15, 0.2) is 5.82 Å². The molecule has 0 radical (unpaired) electrons. The van der Waals surface area contributed by atoms with E-state index in [4.69, 9.17) is 0 Å². The number of anilines is 1. The van der Waals surface area contributed by atoms with Gasteiger partial charge in [0.05, 0.1) is 11.4 Å². The summed E-state index contributed by atoms with van der Waals surface area (Å²) in [5.74, 6) is 2.06. The van der Waals surface area contributed by atoms with Crippen molar-refractivity contribution >= 4 is 5.69 Å². The Hall–Kier alpha value is -3.02. The minimum Gasteiger partial charge on any atom is -0.508 e.